The quantitative estimate of drug-likeness (QED) is 0.377. The van der Waals surface area contributed by atoms with Crippen LogP contribution in [0, 0.1) is 5.82 Å². The van der Waals surface area contributed by atoms with Crippen LogP contribution in [0.5, 0.6) is 11.5 Å². The molecule has 4 rings (SSSR count). The molecular formula is C28H35FN4O4. The fourth-order valence-electron chi connectivity index (χ4n) is 4.63. The van der Waals surface area contributed by atoms with E-state index in [4.69, 9.17) is 9.47 Å². The summed E-state index contributed by atoms with van der Waals surface area (Å²) in [7, 11) is 5.54. The summed E-state index contributed by atoms with van der Waals surface area (Å²) in [5.74, 6) is -0.394. The molecule has 1 fully saturated rings. The highest BCUT2D eigenvalue weighted by molar-refractivity contribution is 5.90. The van der Waals surface area contributed by atoms with Gasteiger partial charge in [0.15, 0.2) is 11.6 Å². The van der Waals surface area contributed by atoms with Gasteiger partial charge in [-0.3, -0.25) is 9.89 Å². The van der Waals surface area contributed by atoms with E-state index in [0.717, 1.165) is 22.0 Å². The first-order valence-corrected chi connectivity index (χ1v) is 12.6. The van der Waals surface area contributed by atoms with Gasteiger partial charge in [-0.1, -0.05) is 13.0 Å². The summed E-state index contributed by atoms with van der Waals surface area (Å²) >= 11 is 0. The van der Waals surface area contributed by atoms with E-state index in [0.29, 0.717) is 50.3 Å². The Morgan fingerprint density at radius 2 is 2.05 bits per heavy atom. The number of amides is 1. The molecule has 0 unspecified atom stereocenters. The van der Waals surface area contributed by atoms with Gasteiger partial charge in [0.2, 0.25) is 5.91 Å². The average Bonchev–Trinajstić information content (AvgIpc) is 3.32. The number of H-pyrrole nitrogens is 1. The Bertz CT molecular complexity index is 1270. The number of aromatic nitrogens is 2. The third kappa shape index (κ3) is 6.11. The van der Waals surface area contributed by atoms with Gasteiger partial charge in [0.25, 0.3) is 0 Å². The van der Waals surface area contributed by atoms with Crippen LogP contribution in [0.15, 0.2) is 42.6 Å². The van der Waals surface area contributed by atoms with Crippen LogP contribution >= 0.6 is 0 Å². The van der Waals surface area contributed by atoms with Crippen molar-refractivity contribution in [3.63, 3.8) is 0 Å². The van der Waals surface area contributed by atoms with Crippen molar-refractivity contribution >= 4 is 16.8 Å². The number of aryl methyl sites for hydroxylation is 1. The first-order chi connectivity index (χ1) is 17.8. The molecule has 2 N–H and O–H groups in total. The van der Waals surface area contributed by atoms with E-state index in [1.807, 2.05) is 49.0 Å². The normalized spacial score (nSPS) is 17.5. The van der Waals surface area contributed by atoms with Crippen LogP contribution in [-0.4, -0.2) is 84.1 Å². The summed E-state index contributed by atoms with van der Waals surface area (Å²) in [6.45, 7) is 3.65. The molecule has 37 heavy (non-hydrogen) atoms. The number of aromatic amines is 1. The van der Waals surface area contributed by atoms with Gasteiger partial charge >= 0.3 is 0 Å². The van der Waals surface area contributed by atoms with Gasteiger partial charge in [0.05, 0.1) is 23.7 Å². The third-order valence-electron chi connectivity index (χ3n) is 6.74. The average molecular weight is 511 g/mol. The molecule has 1 aliphatic carbocycles. The van der Waals surface area contributed by atoms with E-state index in [1.54, 1.807) is 19.4 Å². The minimum absolute atomic E-state index is 0.0250. The first kappa shape index (κ1) is 26.6. The number of hydrogen-bond acceptors (Lipinski definition) is 6. The molecule has 198 valence electrons. The van der Waals surface area contributed by atoms with Gasteiger partial charge in [-0.2, -0.15) is 5.10 Å². The lowest BCUT2D eigenvalue weighted by Crippen LogP contribution is -2.52. The molecule has 3 aromatic rings. The molecule has 8 nitrogen and oxygen atoms in total. The molecule has 1 aromatic heterocycles. The van der Waals surface area contributed by atoms with Gasteiger partial charge in [-0.05, 0) is 61.5 Å². The minimum Gasteiger partial charge on any atom is -0.505 e. The second kappa shape index (κ2) is 11.7. The van der Waals surface area contributed by atoms with Gasteiger partial charge in [0.1, 0.15) is 11.9 Å². The van der Waals surface area contributed by atoms with Crippen LogP contribution in [0.4, 0.5) is 4.39 Å². The van der Waals surface area contributed by atoms with Crippen LogP contribution in [-0.2, 0) is 16.0 Å². The Hall–Kier alpha value is -3.43. The smallest absolute Gasteiger partial charge is 0.246 e. The predicted molar refractivity (Wildman–Crippen MR) is 141 cm³/mol. The van der Waals surface area contributed by atoms with Crippen molar-refractivity contribution in [1.29, 1.82) is 0 Å². The van der Waals surface area contributed by atoms with Crippen molar-refractivity contribution in [1.82, 2.24) is 20.0 Å². The minimum atomic E-state index is -0.665. The first-order valence-electron chi connectivity index (χ1n) is 12.6. The highest BCUT2D eigenvalue weighted by Crippen LogP contribution is 2.38. The second-order valence-corrected chi connectivity index (χ2v) is 9.67. The molecule has 0 aliphatic heterocycles. The van der Waals surface area contributed by atoms with Crippen molar-refractivity contribution in [3.05, 3.63) is 54.0 Å². The van der Waals surface area contributed by atoms with E-state index in [9.17, 15) is 14.3 Å². The van der Waals surface area contributed by atoms with E-state index < -0.39 is 5.82 Å². The zero-order valence-corrected chi connectivity index (χ0v) is 21.8. The second-order valence-electron chi connectivity index (χ2n) is 9.67. The lowest BCUT2D eigenvalue weighted by molar-refractivity contribution is -0.133. The molecule has 0 atom stereocenters. The molecule has 0 bridgehead atoms. The number of halogens is 1. The monoisotopic (exact) mass is 510 g/mol. The highest BCUT2D eigenvalue weighted by Gasteiger charge is 2.37. The van der Waals surface area contributed by atoms with E-state index in [1.165, 1.54) is 12.1 Å². The molecular weight excluding hydrogens is 475 g/mol. The fraction of sp³-hybridized carbons (Fsp3) is 0.429. The van der Waals surface area contributed by atoms with Gasteiger partial charge in [-0.25, -0.2) is 4.39 Å². The van der Waals surface area contributed by atoms with Gasteiger partial charge < -0.3 is 24.4 Å². The number of carbonyl (C=O) groups is 1. The molecule has 2 aromatic carbocycles. The number of nitrogens with zero attached hydrogens (tertiary/aromatic N) is 3. The molecule has 1 amide bonds. The number of rotatable bonds is 11. The van der Waals surface area contributed by atoms with E-state index in [2.05, 4.69) is 10.2 Å². The third-order valence-corrected chi connectivity index (χ3v) is 6.74. The van der Waals surface area contributed by atoms with E-state index in [-0.39, 0.29) is 23.8 Å². The van der Waals surface area contributed by atoms with Gasteiger partial charge in [-0.15, -0.1) is 0 Å². The van der Waals surface area contributed by atoms with E-state index >= 15 is 0 Å². The zero-order chi connectivity index (χ0) is 26.5. The summed E-state index contributed by atoms with van der Waals surface area (Å²) in [6.07, 6.45) is 7.19. The summed E-state index contributed by atoms with van der Waals surface area (Å²) in [6, 6.07) is 6.70. The number of aromatic hydroxyl groups is 1. The highest BCUT2D eigenvalue weighted by atomic mass is 19.1. The Morgan fingerprint density at radius 1 is 1.27 bits per heavy atom. The fourth-order valence-corrected chi connectivity index (χ4v) is 4.63. The van der Waals surface area contributed by atoms with Gasteiger partial charge in [0, 0.05) is 45.2 Å². The summed E-state index contributed by atoms with van der Waals surface area (Å²) in [4.78, 5) is 16.7. The maximum absolute atomic E-state index is 14.2. The van der Waals surface area contributed by atoms with Crippen molar-refractivity contribution in [2.45, 2.75) is 38.3 Å². The summed E-state index contributed by atoms with van der Waals surface area (Å²) in [5.41, 5.74) is 3.09. The molecule has 1 heterocycles. The van der Waals surface area contributed by atoms with Crippen LogP contribution in [0.1, 0.15) is 25.3 Å². The number of hydrogen-bond donors (Lipinski definition) is 2. The van der Waals surface area contributed by atoms with Crippen molar-refractivity contribution in [2.24, 2.45) is 0 Å². The Balaban J connectivity index is 1.52. The van der Waals surface area contributed by atoms with Crippen LogP contribution < -0.4 is 4.74 Å². The van der Waals surface area contributed by atoms with Crippen LogP contribution in [0.3, 0.4) is 0 Å². The number of ether oxygens (including phenoxy) is 2. The maximum Gasteiger partial charge on any atom is 0.246 e. The largest absolute Gasteiger partial charge is 0.505 e. The number of nitrogens with one attached hydrogen (secondary N) is 1. The SMILES string of the molecule is CCc1cc(O)c(F)cc1-c1cc(OC2CC(N(CCOC)C(=O)/C=C/CN(C)C)C2)c2cn[nH]c2c1. The summed E-state index contributed by atoms with van der Waals surface area (Å²) in [5, 5.41) is 17.8. The Kier molecular flexibility index (Phi) is 8.45. The maximum atomic E-state index is 14.2. The number of benzene rings is 2. The predicted octanol–water partition coefficient (Wildman–Crippen LogP) is 4.14. The number of methoxy groups -OCH3 is 1. The Labute approximate surface area is 216 Å². The summed E-state index contributed by atoms with van der Waals surface area (Å²) < 4.78 is 25.9. The molecule has 1 aliphatic rings. The lowest BCUT2D eigenvalue weighted by atomic mass is 9.87. The number of phenolic OH excluding ortho intramolecular Hbond substituents is 1. The molecule has 0 radical (unpaired) electrons. The lowest BCUT2D eigenvalue weighted by Gasteiger charge is -2.42. The number of carbonyl (C=O) groups excluding carboxylic acids is 1. The van der Waals surface area contributed by atoms with Crippen molar-refractivity contribution in [3.8, 4) is 22.6 Å². The van der Waals surface area contributed by atoms with Crippen LogP contribution in [0.25, 0.3) is 22.0 Å². The zero-order valence-electron chi connectivity index (χ0n) is 21.8. The van der Waals surface area contributed by atoms with Crippen LogP contribution in [0.2, 0.25) is 0 Å². The number of fused-ring (bicyclic) bond motifs is 1. The number of phenols is 1. The Morgan fingerprint density at radius 3 is 2.76 bits per heavy atom. The molecule has 0 spiro atoms. The topological polar surface area (TPSA) is 90.9 Å². The standard InChI is InChI=1S/C28H35FN4O4/c1-5-18-12-26(34)24(29)16-22(18)19-11-25-23(17-30-31-25)27(13-19)37-21-14-20(15-21)33(9-10-36-4)28(35)7-6-8-32(2)3/h6-7,11-13,16-17,20-21,34H,5,8-10,14-15H2,1-4H3,(H,30,31)/b7-6+. The molecule has 9 heteroatoms. The molecule has 1 saturated carbocycles. The van der Waals surface area contributed by atoms with Crippen molar-refractivity contribution < 1.29 is 23.8 Å². The van der Waals surface area contributed by atoms with Crippen molar-refractivity contribution in [2.75, 3.05) is 40.9 Å². The number of likely N-dealkylation sites (N-methyl/N-ethyl adjacent to an activating group) is 1. The molecule has 0 saturated heterocycles.